The van der Waals surface area contributed by atoms with Crippen molar-refractivity contribution in [1.82, 2.24) is 9.29 Å². The highest BCUT2D eigenvalue weighted by Gasteiger charge is 2.18. The number of nitrogens with one attached hydrogen (secondary N) is 1. The van der Waals surface area contributed by atoms with Crippen LogP contribution in [0.4, 0.5) is 0 Å². The van der Waals surface area contributed by atoms with Gasteiger partial charge in [-0.3, -0.25) is 0 Å². The van der Waals surface area contributed by atoms with Crippen LogP contribution in [0.25, 0.3) is 10.9 Å². The Hall–Kier alpha value is -2.31. The summed E-state index contributed by atoms with van der Waals surface area (Å²) in [7, 11) is -0.00196. The van der Waals surface area contributed by atoms with E-state index in [-0.39, 0.29) is 11.4 Å². The molecule has 0 spiro atoms. The number of ether oxygens (including phenoxy) is 1. The Bertz CT molecular complexity index is 1080. The fourth-order valence-electron chi connectivity index (χ4n) is 3.18. The molecule has 0 atom stereocenters. The van der Waals surface area contributed by atoms with E-state index >= 15 is 0 Å². The number of hydrogen-bond acceptors (Lipinski definition) is 3. The molecule has 0 radical (unpaired) electrons. The van der Waals surface area contributed by atoms with Gasteiger partial charge in [0.2, 0.25) is 10.0 Å². The van der Waals surface area contributed by atoms with Gasteiger partial charge in [0.1, 0.15) is 5.75 Å². The third-order valence-electron chi connectivity index (χ3n) is 4.80. The lowest BCUT2D eigenvalue weighted by molar-refractivity contribution is 0.411. The van der Waals surface area contributed by atoms with Gasteiger partial charge in [0.25, 0.3) is 0 Å². The lowest BCUT2D eigenvalue weighted by atomic mass is 10.1. The minimum absolute atomic E-state index is 0.247. The maximum absolute atomic E-state index is 12.7. The average molecular weight is 372 g/mol. The van der Waals surface area contributed by atoms with E-state index in [2.05, 4.69) is 22.3 Å². The number of benzene rings is 2. The number of aryl methyl sites for hydroxylation is 4. The van der Waals surface area contributed by atoms with Gasteiger partial charge in [-0.25, -0.2) is 13.1 Å². The normalized spacial score (nSPS) is 11.9. The van der Waals surface area contributed by atoms with Crippen LogP contribution in [0.3, 0.4) is 0 Å². The Morgan fingerprint density at radius 1 is 1.04 bits per heavy atom. The molecule has 0 amide bonds. The van der Waals surface area contributed by atoms with Crippen LogP contribution in [0.1, 0.15) is 22.4 Å². The zero-order chi connectivity index (χ0) is 19.1. The molecule has 1 N–H and O–H groups in total. The molecule has 0 saturated heterocycles. The highest BCUT2D eigenvalue weighted by Crippen LogP contribution is 2.26. The second kappa shape index (κ2) is 6.78. The number of hydrogen-bond donors (Lipinski definition) is 1. The first-order valence-electron chi connectivity index (χ1n) is 8.43. The molecule has 0 aliphatic rings. The fourth-order valence-corrected chi connectivity index (χ4v) is 4.50. The fraction of sp³-hybridized carbons (Fsp3) is 0.300. The summed E-state index contributed by atoms with van der Waals surface area (Å²) in [5, 5.41) is 1.11. The van der Waals surface area contributed by atoms with Crippen molar-refractivity contribution in [2.75, 3.05) is 7.11 Å². The van der Waals surface area contributed by atoms with E-state index in [0.29, 0.717) is 11.3 Å². The molecule has 3 rings (SSSR count). The molecular formula is C20H24N2O3S. The van der Waals surface area contributed by atoms with Gasteiger partial charge >= 0.3 is 0 Å². The summed E-state index contributed by atoms with van der Waals surface area (Å²) in [5.74, 6) is 0.686. The first kappa shape index (κ1) is 18.5. The van der Waals surface area contributed by atoms with E-state index in [1.807, 2.05) is 32.2 Å². The van der Waals surface area contributed by atoms with Crippen LogP contribution in [-0.2, 0) is 23.6 Å². The highest BCUT2D eigenvalue weighted by molar-refractivity contribution is 7.89. The predicted octanol–water partition coefficient (Wildman–Crippen LogP) is 3.59. The first-order chi connectivity index (χ1) is 12.2. The van der Waals surface area contributed by atoms with E-state index in [1.165, 1.54) is 5.69 Å². The van der Waals surface area contributed by atoms with E-state index < -0.39 is 10.0 Å². The van der Waals surface area contributed by atoms with Gasteiger partial charge in [0.15, 0.2) is 0 Å². The molecule has 138 valence electrons. The van der Waals surface area contributed by atoms with Gasteiger partial charge in [0, 0.05) is 30.2 Å². The lowest BCUT2D eigenvalue weighted by Crippen LogP contribution is -2.24. The highest BCUT2D eigenvalue weighted by atomic mass is 32.2. The maximum Gasteiger partial charge on any atom is 0.241 e. The van der Waals surface area contributed by atoms with Crippen LogP contribution in [0.15, 0.2) is 41.3 Å². The summed E-state index contributed by atoms with van der Waals surface area (Å²) in [6, 6.07) is 11.5. The molecule has 1 heterocycles. The average Bonchev–Trinajstić information content (AvgIpc) is 2.88. The number of sulfonamides is 1. The lowest BCUT2D eigenvalue weighted by Gasteiger charge is -2.13. The van der Waals surface area contributed by atoms with Gasteiger partial charge < -0.3 is 9.30 Å². The third kappa shape index (κ3) is 3.34. The van der Waals surface area contributed by atoms with Gasteiger partial charge in [-0.2, -0.15) is 0 Å². The van der Waals surface area contributed by atoms with Crippen LogP contribution in [-0.4, -0.2) is 20.1 Å². The molecular weight excluding hydrogens is 348 g/mol. The molecule has 5 nitrogen and oxygen atoms in total. The molecule has 0 fully saturated rings. The predicted molar refractivity (Wildman–Crippen MR) is 104 cm³/mol. The number of rotatable bonds is 5. The van der Waals surface area contributed by atoms with Crippen LogP contribution in [0.2, 0.25) is 0 Å². The third-order valence-corrected chi connectivity index (χ3v) is 6.34. The smallest absolute Gasteiger partial charge is 0.241 e. The number of methoxy groups -OCH3 is 1. The van der Waals surface area contributed by atoms with Gasteiger partial charge in [-0.1, -0.05) is 6.07 Å². The van der Waals surface area contributed by atoms with E-state index in [0.717, 1.165) is 22.0 Å². The summed E-state index contributed by atoms with van der Waals surface area (Å²) >= 11 is 0. The van der Waals surface area contributed by atoms with Crippen molar-refractivity contribution in [3.63, 3.8) is 0 Å². The van der Waals surface area contributed by atoms with Crippen LogP contribution < -0.4 is 9.46 Å². The zero-order valence-corrected chi connectivity index (χ0v) is 16.6. The second-order valence-corrected chi connectivity index (χ2v) is 8.39. The van der Waals surface area contributed by atoms with Crippen molar-refractivity contribution >= 4 is 20.9 Å². The largest absolute Gasteiger partial charge is 0.496 e. The summed E-state index contributed by atoms with van der Waals surface area (Å²) in [5.41, 5.74) is 4.68. The zero-order valence-electron chi connectivity index (χ0n) is 15.8. The van der Waals surface area contributed by atoms with Crippen molar-refractivity contribution in [3.05, 3.63) is 58.8 Å². The standard InChI is InChI=1S/C20H24N2O3S/c1-13-9-20(14(2)8-19(13)25-5)26(23,24)21-12-16-6-7-18-17(11-16)10-15(3)22(18)4/h6-11,21H,12H2,1-5H3. The van der Waals surface area contributed by atoms with Gasteiger partial charge in [-0.15, -0.1) is 0 Å². The van der Waals surface area contributed by atoms with Gasteiger partial charge in [-0.05, 0) is 67.8 Å². The first-order valence-corrected chi connectivity index (χ1v) is 9.91. The molecule has 0 unspecified atom stereocenters. The topological polar surface area (TPSA) is 60.3 Å². The Labute approximate surface area is 154 Å². The van der Waals surface area contributed by atoms with Crippen molar-refractivity contribution in [3.8, 4) is 5.75 Å². The van der Waals surface area contributed by atoms with Crippen molar-refractivity contribution < 1.29 is 13.2 Å². The van der Waals surface area contributed by atoms with Crippen LogP contribution in [0.5, 0.6) is 5.75 Å². The Balaban J connectivity index is 1.86. The number of aromatic nitrogens is 1. The minimum atomic E-state index is -3.60. The van der Waals surface area contributed by atoms with Crippen LogP contribution >= 0.6 is 0 Å². The molecule has 0 aliphatic heterocycles. The molecule has 1 aromatic heterocycles. The summed E-state index contributed by atoms with van der Waals surface area (Å²) in [6.45, 7) is 5.91. The molecule has 0 saturated carbocycles. The van der Waals surface area contributed by atoms with Crippen molar-refractivity contribution in [2.24, 2.45) is 7.05 Å². The second-order valence-electron chi connectivity index (χ2n) is 6.65. The number of nitrogens with zero attached hydrogens (tertiary/aromatic N) is 1. The Kier molecular flexibility index (Phi) is 4.82. The van der Waals surface area contributed by atoms with E-state index in [4.69, 9.17) is 4.74 Å². The minimum Gasteiger partial charge on any atom is -0.496 e. The van der Waals surface area contributed by atoms with Crippen molar-refractivity contribution in [2.45, 2.75) is 32.2 Å². The summed E-state index contributed by atoms with van der Waals surface area (Å²) in [4.78, 5) is 0.285. The molecule has 0 bridgehead atoms. The van der Waals surface area contributed by atoms with Crippen LogP contribution in [0, 0.1) is 20.8 Å². The molecule has 2 aromatic carbocycles. The SMILES string of the molecule is COc1cc(C)c(S(=O)(=O)NCc2ccc3c(c2)cc(C)n3C)cc1C. The molecule has 6 heteroatoms. The Morgan fingerprint density at radius 3 is 2.46 bits per heavy atom. The quantitative estimate of drug-likeness (QED) is 0.744. The Morgan fingerprint density at radius 2 is 1.77 bits per heavy atom. The van der Waals surface area contributed by atoms with E-state index in [9.17, 15) is 8.42 Å². The monoisotopic (exact) mass is 372 g/mol. The molecule has 26 heavy (non-hydrogen) atoms. The number of fused-ring (bicyclic) bond motifs is 1. The summed E-state index contributed by atoms with van der Waals surface area (Å²) < 4.78 is 35.6. The maximum atomic E-state index is 12.7. The van der Waals surface area contributed by atoms with Gasteiger partial charge in [0.05, 0.1) is 12.0 Å². The van der Waals surface area contributed by atoms with Crippen molar-refractivity contribution in [1.29, 1.82) is 0 Å². The molecule has 3 aromatic rings. The molecule has 0 aliphatic carbocycles. The van der Waals surface area contributed by atoms with E-state index in [1.54, 1.807) is 26.2 Å². The summed E-state index contributed by atoms with van der Waals surface area (Å²) in [6.07, 6.45) is 0.